The lowest BCUT2D eigenvalue weighted by Gasteiger charge is -2.37. The van der Waals surface area contributed by atoms with Crippen LogP contribution in [0.2, 0.25) is 0 Å². The van der Waals surface area contributed by atoms with Crippen LogP contribution in [0, 0.1) is 11.3 Å². The van der Waals surface area contributed by atoms with Gasteiger partial charge in [-0.25, -0.2) is 0 Å². The Morgan fingerprint density at radius 2 is 2.00 bits per heavy atom. The summed E-state index contributed by atoms with van der Waals surface area (Å²) in [5, 5.41) is 0. The fraction of sp³-hybridized carbons (Fsp3) is 0.600. The summed E-state index contributed by atoms with van der Waals surface area (Å²) < 4.78 is 11.2. The molecule has 3 atom stereocenters. The summed E-state index contributed by atoms with van der Waals surface area (Å²) in [6.07, 6.45) is 0.524. The van der Waals surface area contributed by atoms with Crippen molar-refractivity contribution in [3.8, 4) is 0 Å². The summed E-state index contributed by atoms with van der Waals surface area (Å²) in [6, 6.07) is 9.82. The van der Waals surface area contributed by atoms with Crippen molar-refractivity contribution in [3.05, 3.63) is 35.9 Å². The lowest BCUT2D eigenvalue weighted by Crippen LogP contribution is -2.48. The van der Waals surface area contributed by atoms with E-state index in [-0.39, 0.29) is 24.5 Å². The zero-order chi connectivity index (χ0) is 18.2. The Kier molecular flexibility index (Phi) is 4.62. The Hall–Kier alpha value is -1.88. The predicted octanol–water partition coefficient (Wildman–Crippen LogP) is 2.95. The van der Waals surface area contributed by atoms with E-state index in [0.717, 1.165) is 5.56 Å². The van der Waals surface area contributed by atoms with Gasteiger partial charge in [0.1, 0.15) is 11.0 Å². The van der Waals surface area contributed by atoms with Gasteiger partial charge in [-0.15, -0.1) is 0 Å². The Balaban J connectivity index is 1.90. The van der Waals surface area contributed by atoms with E-state index in [1.807, 2.05) is 62.9 Å². The van der Waals surface area contributed by atoms with Gasteiger partial charge in [0.2, 0.25) is 5.91 Å². The number of hydrogen-bond donors (Lipinski definition) is 0. The Labute approximate surface area is 149 Å². The van der Waals surface area contributed by atoms with Crippen LogP contribution >= 0.6 is 0 Å². The number of likely N-dealkylation sites (tertiary alicyclic amines) is 1. The quantitative estimate of drug-likeness (QED) is 0.791. The predicted molar refractivity (Wildman–Crippen MR) is 93.8 cm³/mol. The van der Waals surface area contributed by atoms with Gasteiger partial charge in [-0.3, -0.25) is 9.59 Å². The number of amides is 1. The first-order valence-corrected chi connectivity index (χ1v) is 8.91. The summed E-state index contributed by atoms with van der Waals surface area (Å²) in [5.74, 6) is -0.742. The topological polar surface area (TPSA) is 55.8 Å². The largest absolute Gasteiger partial charge is 0.459 e. The molecular weight excluding hydrogens is 318 g/mol. The minimum atomic E-state index is -0.800. The monoisotopic (exact) mass is 345 g/mol. The molecule has 2 aliphatic heterocycles. The highest BCUT2D eigenvalue weighted by Crippen LogP contribution is 2.47. The van der Waals surface area contributed by atoms with Gasteiger partial charge in [-0.1, -0.05) is 30.3 Å². The van der Waals surface area contributed by atoms with Gasteiger partial charge in [-0.2, -0.15) is 0 Å². The number of hydrogen-bond acceptors (Lipinski definition) is 4. The van der Waals surface area contributed by atoms with E-state index in [1.54, 1.807) is 0 Å². The van der Waals surface area contributed by atoms with E-state index in [9.17, 15) is 9.59 Å². The number of fused-ring (bicyclic) bond motifs is 1. The van der Waals surface area contributed by atoms with Crippen LogP contribution in [0.4, 0.5) is 0 Å². The van der Waals surface area contributed by atoms with E-state index in [4.69, 9.17) is 9.47 Å². The van der Waals surface area contributed by atoms with Crippen molar-refractivity contribution >= 4 is 11.9 Å². The van der Waals surface area contributed by atoms with Gasteiger partial charge in [-0.05, 0) is 39.7 Å². The molecule has 136 valence electrons. The molecule has 0 bridgehead atoms. The van der Waals surface area contributed by atoms with Crippen LogP contribution in [-0.2, 0) is 19.1 Å². The van der Waals surface area contributed by atoms with Crippen molar-refractivity contribution in [2.75, 3.05) is 19.8 Å². The number of esters is 1. The molecule has 2 aliphatic rings. The lowest BCUT2D eigenvalue weighted by atomic mass is 9.74. The average molecular weight is 345 g/mol. The van der Waals surface area contributed by atoms with Crippen molar-refractivity contribution < 1.29 is 19.1 Å². The van der Waals surface area contributed by atoms with Crippen LogP contribution in [0.5, 0.6) is 0 Å². The first kappa shape index (κ1) is 17.9. The Bertz CT molecular complexity index is 651. The van der Waals surface area contributed by atoms with Gasteiger partial charge in [0, 0.05) is 13.2 Å². The first-order chi connectivity index (χ1) is 11.7. The second kappa shape index (κ2) is 6.45. The molecule has 0 spiro atoms. The third-order valence-corrected chi connectivity index (χ3v) is 5.23. The van der Waals surface area contributed by atoms with Gasteiger partial charge in [0.25, 0.3) is 0 Å². The molecule has 1 aromatic carbocycles. The molecule has 5 nitrogen and oxygen atoms in total. The highest BCUT2D eigenvalue weighted by molar-refractivity contribution is 5.92. The van der Waals surface area contributed by atoms with Crippen LogP contribution in [0.3, 0.4) is 0 Å². The summed E-state index contributed by atoms with van der Waals surface area (Å²) in [6.45, 7) is 8.75. The molecule has 5 heteroatoms. The van der Waals surface area contributed by atoms with E-state index in [2.05, 4.69) is 0 Å². The van der Waals surface area contributed by atoms with E-state index in [1.165, 1.54) is 0 Å². The molecule has 0 saturated carbocycles. The number of rotatable bonds is 3. The molecule has 2 fully saturated rings. The molecule has 1 aromatic rings. The molecule has 25 heavy (non-hydrogen) atoms. The second-order valence-corrected chi connectivity index (χ2v) is 8.09. The first-order valence-electron chi connectivity index (χ1n) is 8.91. The number of benzene rings is 1. The molecule has 2 saturated heterocycles. The van der Waals surface area contributed by atoms with Crippen LogP contribution in [0.1, 0.15) is 45.7 Å². The van der Waals surface area contributed by atoms with Gasteiger partial charge < -0.3 is 14.4 Å². The maximum atomic E-state index is 13.1. The lowest BCUT2D eigenvalue weighted by molar-refractivity contribution is -0.177. The van der Waals surface area contributed by atoms with Crippen molar-refractivity contribution in [2.45, 2.75) is 45.8 Å². The zero-order valence-corrected chi connectivity index (χ0v) is 15.5. The summed E-state index contributed by atoms with van der Waals surface area (Å²) >= 11 is 0. The minimum absolute atomic E-state index is 0.0121. The molecular formula is C20H27NO4. The van der Waals surface area contributed by atoms with Crippen molar-refractivity contribution in [1.82, 2.24) is 4.90 Å². The fourth-order valence-corrected chi connectivity index (χ4v) is 3.80. The van der Waals surface area contributed by atoms with Gasteiger partial charge in [0.15, 0.2) is 0 Å². The highest BCUT2D eigenvalue weighted by atomic mass is 16.6. The molecule has 3 rings (SSSR count). The number of nitrogens with zero attached hydrogens (tertiary/aromatic N) is 1. The SMILES string of the molecule is C[C@H](c1ccccc1)N1C[C@]2(C(=O)OC(C)(C)C)CCOC[C@@H]2C1=O. The molecule has 2 heterocycles. The molecule has 1 amide bonds. The van der Waals surface area contributed by atoms with Crippen LogP contribution in [0.15, 0.2) is 30.3 Å². The van der Waals surface area contributed by atoms with Gasteiger partial charge >= 0.3 is 5.97 Å². The summed E-state index contributed by atoms with van der Waals surface area (Å²) in [7, 11) is 0. The smallest absolute Gasteiger partial charge is 0.315 e. The standard InChI is InChI=1S/C20H27NO4/c1-14(15-8-6-5-7-9-15)21-13-20(18(23)25-19(2,3)4)10-11-24-12-16(20)17(21)22/h5-9,14,16H,10-13H2,1-4H3/t14-,16-,20-/m1/s1. The number of ether oxygens (including phenoxy) is 2. The van der Waals surface area contributed by atoms with Gasteiger partial charge in [0.05, 0.1) is 18.6 Å². The summed E-state index contributed by atoms with van der Waals surface area (Å²) in [4.78, 5) is 27.9. The molecule has 0 unspecified atom stereocenters. The normalized spacial score (nSPS) is 27.8. The van der Waals surface area contributed by atoms with E-state index in [0.29, 0.717) is 19.6 Å². The summed E-state index contributed by atoms with van der Waals surface area (Å²) in [5.41, 5.74) is -0.309. The van der Waals surface area contributed by atoms with Crippen molar-refractivity contribution in [2.24, 2.45) is 11.3 Å². The number of carbonyl (C=O) groups is 2. The van der Waals surface area contributed by atoms with Crippen LogP contribution in [0.25, 0.3) is 0 Å². The Morgan fingerprint density at radius 1 is 1.32 bits per heavy atom. The fourth-order valence-electron chi connectivity index (χ4n) is 3.80. The molecule has 0 aromatic heterocycles. The van der Waals surface area contributed by atoms with E-state index >= 15 is 0 Å². The van der Waals surface area contributed by atoms with Crippen molar-refractivity contribution in [1.29, 1.82) is 0 Å². The second-order valence-electron chi connectivity index (χ2n) is 8.09. The van der Waals surface area contributed by atoms with Crippen LogP contribution < -0.4 is 0 Å². The molecule has 0 radical (unpaired) electrons. The highest BCUT2D eigenvalue weighted by Gasteiger charge is 2.60. The zero-order valence-electron chi connectivity index (χ0n) is 15.5. The van der Waals surface area contributed by atoms with E-state index < -0.39 is 16.9 Å². The Morgan fingerprint density at radius 3 is 2.64 bits per heavy atom. The van der Waals surface area contributed by atoms with Crippen LogP contribution in [-0.4, -0.2) is 42.1 Å². The third-order valence-electron chi connectivity index (χ3n) is 5.23. The van der Waals surface area contributed by atoms with Crippen molar-refractivity contribution in [3.63, 3.8) is 0 Å². The molecule has 0 N–H and O–H groups in total. The number of carbonyl (C=O) groups excluding carboxylic acids is 2. The average Bonchev–Trinajstić information content (AvgIpc) is 2.88. The maximum Gasteiger partial charge on any atom is 0.315 e. The minimum Gasteiger partial charge on any atom is -0.459 e. The molecule has 0 aliphatic carbocycles. The third kappa shape index (κ3) is 3.30. The maximum absolute atomic E-state index is 13.1.